The van der Waals surface area contributed by atoms with Crippen LogP contribution in [0.1, 0.15) is 12.8 Å². The van der Waals surface area contributed by atoms with E-state index in [0.29, 0.717) is 5.69 Å². The standard InChI is InChI=1S/C13H16N4O2S/c1-17-9-12(8-14-17)15-10-3-2-4-11(7-10)16-20(18,19)13-5-6-13/h2-4,7-9,13,15-16H,5-6H2,1H3. The molecule has 0 unspecified atom stereocenters. The van der Waals surface area contributed by atoms with Crippen molar-refractivity contribution < 1.29 is 8.42 Å². The Labute approximate surface area is 117 Å². The maximum absolute atomic E-state index is 11.9. The van der Waals surface area contributed by atoms with Crippen molar-refractivity contribution in [3.8, 4) is 0 Å². The summed E-state index contributed by atoms with van der Waals surface area (Å²) in [6, 6.07) is 7.20. The fourth-order valence-corrected chi connectivity index (χ4v) is 3.32. The SMILES string of the molecule is Cn1cc(Nc2cccc(NS(=O)(=O)C3CC3)c2)cn1. The highest BCUT2D eigenvalue weighted by molar-refractivity contribution is 7.93. The van der Waals surface area contributed by atoms with Gasteiger partial charge < -0.3 is 5.32 Å². The van der Waals surface area contributed by atoms with Crippen LogP contribution >= 0.6 is 0 Å². The summed E-state index contributed by atoms with van der Waals surface area (Å²) in [5, 5.41) is 7.02. The van der Waals surface area contributed by atoms with E-state index in [9.17, 15) is 8.42 Å². The molecule has 3 rings (SSSR count). The van der Waals surface area contributed by atoms with E-state index in [0.717, 1.165) is 24.2 Å². The van der Waals surface area contributed by atoms with Gasteiger partial charge in [-0.05, 0) is 31.0 Å². The first kappa shape index (κ1) is 13.0. The van der Waals surface area contributed by atoms with Gasteiger partial charge in [0, 0.05) is 18.9 Å². The number of benzene rings is 1. The Balaban J connectivity index is 1.75. The molecule has 1 aromatic heterocycles. The molecule has 0 spiro atoms. The molecule has 1 fully saturated rings. The van der Waals surface area contributed by atoms with Crippen molar-refractivity contribution in [1.29, 1.82) is 0 Å². The van der Waals surface area contributed by atoms with Gasteiger partial charge in [0.2, 0.25) is 10.0 Å². The average molecular weight is 292 g/mol. The van der Waals surface area contributed by atoms with Crippen molar-refractivity contribution in [3.63, 3.8) is 0 Å². The van der Waals surface area contributed by atoms with Gasteiger partial charge in [-0.15, -0.1) is 0 Å². The molecular formula is C13H16N4O2S. The lowest BCUT2D eigenvalue weighted by molar-refractivity contribution is 0.600. The molecule has 0 atom stereocenters. The zero-order chi connectivity index (χ0) is 14.2. The molecule has 2 aromatic rings. The lowest BCUT2D eigenvalue weighted by Crippen LogP contribution is -2.17. The molecule has 1 aromatic carbocycles. The Kier molecular flexibility index (Phi) is 3.13. The molecule has 0 bridgehead atoms. The molecule has 1 aliphatic carbocycles. The van der Waals surface area contributed by atoms with Crippen LogP contribution in [-0.2, 0) is 17.1 Å². The van der Waals surface area contributed by atoms with Gasteiger partial charge in [0.15, 0.2) is 0 Å². The Morgan fingerprint density at radius 3 is 2.65 bits per heavy atom. The van der Waals surface area contributed by atoms with Crippen LogP contribution in [0.3, 0.4) is 0 Å². The summed E-state index contributed by atoms with van der Waals surface area (Å²) in [5.74, 6) is 0. The Hall–Kier alpha value is -2.02. The number of rotatable bonds is 5. The number of sulfonamides is 1. The summed E-state index contributed by atoms with van der Waals surface area (Å²) in [4.78, 5) is 0. The van der Waals surface area contributed by atoms with Crippen LogP contribution in [0.5, 0.6) is 0 Å². The van der Waals surface area contributed by atoms with Gasteiger partial charge in [0.1, 0.15) is 0 Å². The predicted molar refractivity (Wildman–Crippen MR) is 78.5 cm³/mol. The van der Waals surface area contributed by atoms with Crippen molar-refractivity contribution in [1.82, 2.24) is 9.78 Å². The van der Waals surface area contributed by atoms with E-state index >= 15 is 0 Å². The third-order valence-corrected chi connectivity index (χ3v) is 4.95. The molecule has 20 heavy (non-hydrogen) atoms. The summed E-state index contributed by atoms with van der Waals surface area (Å²) in [5.41, 5.74) is 2.24. The van der Waals surface area contributed by atoms with Crippen LogP contribution in [0.4, 0.5) is 17.1 Å². The number of hydrogen-bond acceptors (Lipinski definition) is 4. The third kappa shape index (κ3) is 2.93. The number of nitrogens with zero attached hydrogens (tertiary/aromatic N) is 2. The van der Waals surface area contributed by atoms with Gasteiger partial charge >= 0.3 is 0 Å². The Morgan fingerprint density at radius 2 is 2.00 bits per heavy atom. The van der Waals surface area contributed by atoms with E-state index in [1.165, 1.54) is 0 Å². The van der Waals surface area contributed by atoms with Gasteiger partial charge in [-0.1, -0.05) is 6.07 Å². The minimum absolute atomic E-state index is 0.225. The molecule has 1 heterocycles. The highest BCUT2D eigenvalue weighted by atomic mass is 32.2. The van der Waals surface area contributed by atoms with Crippen LogP contribution in [0, 0.1) is 0 Å². The van der Waals surface area contributed by atoms with Crippen molar-refractivity contribution in [2.24, 2.45) is 7.05 Å². The second-order valence-electron chi connectivity index (χ2n) is 4.95. The van der Waals surface area contributed by atoms with Crippen LogP contribution in [-0.4, -0.2) is 23.4 Å². The third-order valence-electron chi connectivity index (χ3n) is 3.08. The van der Waals surface area contributed by atoms with E-state index in [4.69, 9.17) is 0 Å². The quantitative estimate of drug-likeness (QED) is 0.884. The second-order valence-corrected chi connectivity index (χ2v) is 6.92. The highest BCUT2D eigenvalue weighted by Crippen LogP contribution is 2.30. The molecule has 6 nitrogen and oxygen atoms in total. The number of hydrogen-bond donors (Lipinski definition) is 2. The van der Waals surface area contributed by atoms with Gasteiger partial charge in [0.25, 0.3) is 0 Å². The van der Waals surface area contributed by atoms with Crippen LogP contribution in [0.25, 0.3) is 0 Å². The maximum Gasteiger partial charge on any atom is 0.235 e. The first-order valence-electron chi connectivity index (χ1n) is 6.40. The van der Waals surface area contributed by atoms with E-state index in [2.05, 4.69) is 15.1 Å². The molecule has 0 amide bonds. The fourth-order valence-electron chi connectivity index (χ4n) is 1.94. The summed E-state index contributed by atoms with van der Waals surface area (Å²) in [6.45, 7) is 0. The van der Waals surface area contributed by atoms with Crippen LogP contribution in [0.15, 0.2) is 36.7 Å². The minimum Gasteiger partial charge on any atom is -0.353 e. The van der Waals surface area contributed by atoms with Crippen molar-refractivity contribution in [2.45, 2.75) is 18.1 Å². The van der Waals surface area contributed by atoms with Crippen molar-refractivity contribution >= 4 is 27.1 Å². The Morgan fingerprint density at radius 1 is 1.25 bits per heavy atom. The monoisotopic (exact) mass is 292 g/mol. The van der Waals surface area contributed by atoms with E-state index in [1.807, 2.05) is 25.4 Å². The van der Waals surface area contributed by atoms with E-state index in [-0.39, 0.29) is 5.25 Å². The molecular weight excluding hydrogens is 276 g/mol. The minimum atomic E-state index is -3.22. The predicted octanol–water partition coefficient (Wildman–Crippen LogP) is 2.07. The maximum atomic E-state index is 11.9. The summed E-state index contributed by atoms with van der Waals surface area (Å²) < 4.78 is 28.1. The van der Waals surface area contributed by atoms with Gasteiger partial charge in [-0.25, -0.2) is 8.42 Å². The molecule has 0 radical (unpaired) electrons. The molecule has 7 heteroatoms. The average Bonchev–Trinajstić information content (AvgIpc) is 3.15. The number of aryl methyl sites for hydroxylation is 1. The summed E-state index contributed by atoms with van der Waals surface area (Å²) in [6.07, 6.45) is 5.06. The van der Waals surface area contributed by atoms with Crippen molar-refractivity contribution in [2.75, 3.05) is 10.0 Å². The first-order valence-corrected chi connectivity index (χ1v) is 7.95. The van der Waals surface area contributed by atoms with Gasteiger partial charge in [-0.3, -0.25) is 9.40 Å². The zero-order valence-corrected chi connectivity index (χ0v) is 11.9. The van der Waals surface area contributed by atoms with E-state index in [1.54, 1.807) is 23.0 Å². The number of nitrogens with one attached hydrogen (secondary N) is 2. The molecule has 1 aliphatic rings. The normalized spacial score (nSPS) is 15.1. The topological polar surface area (TPSA) is 76.0 Å². The number of anilines is 3. The van der Waals surface area contributed by atoms with Gasteiger partial charge in [-0.2, -0.15) is 5.10 Å². The fraction of sp³-hybridized carbons (Fsp3) is 0.308. The smallest absolute Gasteiger partial charge is 0.235 e. The molecule has 2 N–H and O–H groups in total. The Bertz CT molecular complexity index is 719. The molecule has 0 aliphatic heterocycles. The number of aromatic nitrogens is 2. The zero-order valence-electron chi connectivity index (χ0n) is 11.1. The second kappa shape index (κ2) is 4.82. The highest BCUT2D eigenvalue weighted by Gasteiger charge is 2.35. The molecule has 0 saturated heterocycles. The first-order chi connectivity index (χ1) is 9.53. The van der Waals surface area contributed by atoms with Crippen LogP contribution < -0.4 is 10.0 Å². The van der Waals surface area contributed by atoms with E-state index < -0.39 is 10.0 Å². The summed E-state index contributed by atoms with van der Waals surface area (Å²) >= 11 is 0. The van der Waals surface area contributed by atoms with Crippen molar-refractivity contribution in [3.05, 3.63) is 36.7 Å². The molecule has 106 valence electrons. The lowest BCUT2D eigenvalue weighted by atomic mass is 10.3. The van der Waals surface area contributed by atoms with Gasteiger partial charge in [0.05, 0.1) is 22.8 Å². The lowest BCUT2D eigenvalue weighted by Gasteiger charge is -2.09. The largest absolute Gasteiger partial charge is 0.353 e. The van der Waals surface area contributed by atoms with Crippen LogP contribution in [0.2, 0.25) is 0 Å². The summed E-state index contributed by atoms with van der Waals surface area (Å²) in [7, 11) is -1.38. The molecule has 1 saturated carbocycles.